The van der Waals surface area contributed by atoms with Gasteiger partial charge in [0.2, 0.25) is 0 Å². The summed E-state index contributed by atoms with van der Waals surface area (Å²) in [7, 11) is 0. The van der Waals surface area contributed by atoms with Gasteiger partial charge in [0.15, 0.2) is 5.17 Å². The lowest BCUT2D eigenvalue weighted by Gasteiger charge is -2.25. The lowest BCUT2D eigenvalue weighted by molar-refractivity contribution is 0.415. The van der Waals surface area contributed by atoms with Crippen LogP contribution in [-0.4, -0.2) is 26.1 Å². The van der Waals surface area contributed by atoms with Crippen LogP contribution < -0.4 is 0 Å². The lowest BCUT2D eigenvalue weighted by atomic mass is 10.2. The minimum Gasteiger partial charge on any atom is -0.343 e. The van der Waals surface area contributed by atoms with Crippen molar-refractivity contribution in [1.82, 2.24) is 14.7 Å². The lowest BCUT2D eigenvalue weighted by Crippen LogP contribution is -2.27. The number of amidine groups is 1. The van der Waals surface area contributed by atoms with Gasteiger partial charge in [-0.15, -0.1) is 24.0 Å². The fraction of sp³-hybridized carbons (Fsp3) is 0.154. The molecule has 4 nitrogen and oxygen atoms in total. The van der Waals surface area contributed by atoms with Gasteiger partial charge < -0.3 is 4.90 Å². The van der Waals surface area contributed by atoms with Crippen LogP contribution in [0.25, 0.3) is 0 Å². The van der Waals surface area contributed by atoms with Crippen LogP contribution in [0.15, 0.2) is 96.2 Å². The predicted molar refractivity (Wildman–Crippen MR) is 156 cm³/mol. The number of halogens is 3. The van der Waals surface area contributed by atoms with Crippen LogP contribution in [0.4, 0.5) is 5.69 Å². The Morgan fingerprint density at radius 3 is 2.12 bits per heavy atom. The second kappa shape index (κ2) is 13.2. The standard InChI is InChI=1S/C26H24Cl2N4S.HI/c1-33-26(30-24-15-29-32(19-24)18-22-12-13-23(27)14-25(22)28)31(16-20-8-4-2-5-9-20)17-21-10-6-3-7-11-21;/h2-15,19H,16-18H2,1H3;1H. The normalized spacial score (nSPS) is 11.2. The van der Waals surface area contributed by atoms with E-state index >= 15 is 0 Å². The average Bonchev–Trinajstić information content (AvgIpc) is 3.27. The predicted octanol–water partition coefficient (Wildman–Crippen LogP) is 7.91. The molecule has 0 saturated heterocycles. The van der Waals surface area contributed by atoms with Crippen LogP contribution >= 0.6 is 58.9 Å². The Morgan fingerprint density at radius 1 is 0.941 bits per heavy atom. The molecule has 0 aliphatic rings. The van der Waals surface area contributed by atoms with E-state index in [0.29, 0.717) is 16.6 Å². The number of hydrogen-bond donors (Lipinski definition) is 0. The molecule has 1 heterocycles. The third kappa shape index (κ3) is 7.50. The quantitative estimate of drug-likeness (QED) is 0.119. The number of aliphatic imine (C=N–C) groups is 1. The van der Waals surface area contributed by atoms with E-state index in [1.54, 1.807) is 24.0 Å². The molecule has 3 aromatic carbocycles. The average molecular weight is 623 g/mol. The van der Waals surface area contributed by atoms with Gasteiger partial charge in [-0.25, -0.2) is 4.99 Å². The highest BCUT2D eigenvalue weighted by Gasteiger charge is 2.13. The molecular weight excluding hydrogens is 598 g/mol. The van der Waals surface area contributed by atoms with Gasteiger partial charge in [0, 0.05) is 23.1 Å². The molecule has 4 rings (SSSR count). The molecule has 1 aromatic heterocycles. The van der Waals surface area contributed by atoms with Gasteiger partial charge in [-0.1, -0.05) is 102 Å². The molecule has 0 unspecified atom stereocenters. The highest BCUT2D eigenvalue weighted by atomic mass is 127. The van der Waals surface area contributed by atoms with E-state index in [9.17, 15) is 0 Å². The van der Waals surface area contributed by atoms with Crippen LogP contribution in [0, 0.1) is 0 Å². The topological polar surface area (TPSA) is 33.4 Å². The molecule has 0 saturated carbocycles. The summed E-state index contributed by atoms with van der Waals surface area (Å²) in [4.78, 5) is 7.23. The smallest absolute Gasteiger partial charge is 0.164 e. The van der Waals surface area contributed by atoms with E-state index in [-0.39, 0.29) is 24.0 Å². The maximum Gasteiger partial charge on any atom is 0.164 e. The number of benzene rings is 3. The third-order valence-corrected chi connectivity index (χ3v) is 6.38. The molecule has 0 fully saturated rings. The summed E-state index contributed by atoms with van der Waals surface area (Å²) in [6.07, 6.45) is 5.77. The van der Waals surface area contributed by atoms with Crippen molar-refractivity contribution in [2.45, 2.75) is 19.6 Å². The Hall–Kier alpha value is -2.00. The molecule has 0 aliphatic heterocycles. The van der Waals surface area contributed by atoms with Crippen molar-refractivity contribution in [1.29, 1.82) is 0 Å². The first-order chi connectivity index (χ1) is 16.1. The summed E-state index contributed by atoms with van der Waals surface area (Å²) >= 11 is 14.0. The first-order valence-electron chi connectivity index (χ1n) is 10.5. The fourth-order valence-electron chi connectivity index (χ4n) is 3.48. The molecular formula is C26H25Cl2IN4S. The van der Waals surface area contributed by atoms with Gasteiger partial charge in [0.25, 0.3) is 0 Å². The maximum atomic E-state index is 6.33. The zero-order chi connectivity index (χ0) is 23.0. The van der Waals surface area contributed by atoms with E-state index < -0.39 is 0 Å². The summed E-state index contributed by atoms with van der Waals surface area (Å²) in [5.74, 6) is 0. The van der Waals surface area contributed by atoms with Crippen molar-refractivity contribution in [3.8, 4) is 0 Å². The van der Waals surface area contributed by atoms with E-state index in [1.807, 2.05) is 35.1 Å². The van der Waals surface area contributed by atoms with E-state index in [2.05, 4.69) is 64.8 Å². The molecule has 0 bridgehead atoms. The number of aromatic nitrogens is 2. The van der Waals surface area contributed by atoms with Gasteiger partial charge in [0.1, 0.15) is 5.69 Å². The zero-order valence-electron chi connectivity index (χ0n) is 18.6. The van der Waals surface area contributed by atoms with Crippen molar-refractivity contribution in [3.63, 3.8) is 0 Å². The summed E-state index contributed by atoms with van der Waals surface area (Å²) in [5.41, 5.74) is 4.24. The van der Waals surface area contributed by atoms with E-state index in [1.165, 1.54) is 11.1 Å². The largest absolute Gasteiger partial charge is 0.343 e. The number of thioether (sulfide) groups is 1. The first kappa shape index (κ1) is 26.6. The van der Waals surface area contributed by atoms with Gasteiger partial charge in [0.05, 0.1) is 18.9 Å². The molecule has 0 N–H and O–H groups in total. The monoisotopic (exact) mass is 622 g/mol. The van der Waals surface area contributed by atoms with E-state index in [0.717, 1.165) is 29.5 Å². The van der Waals surface area contributed by atoms with Gasteiger partial charge in [-0.3, -0.25) is 4.68 Å². The van der Waals surface area contributed by atoms with Crippen molar-refractivity contribution < 1.29 is 0 Å². The molecule has 4 aromatic rings. The van der Waals surface area contributed by atoms with Crippen LogP contribution in [0.1, 0.15) is 16.7 Å². The number of hydrogen-bond acceptors (Lipinski definition) is 3. The fourth-order valence-corrected chi connectivity index (χ4v) is 4.53. The Labute approximate surface area is 232 Å². The maximum absolute atomic E-state index is 6.33. The minimum absolute atomic E-state index is 0. The molecule has 0 amide bonds. The van der Waals surface area contributed by atoms with Crippen molar-refractivity contribution >= 4 is 69.8 Å². The van der Waals surface area contributed by atoms with E-state index in [4.69, 9.17) is 28.2 Å². The van der Waals surface area contributed by atoms with Crippen molar-refractivity contribution in [3.05, 3.63) is 118 Å². The second-order valence-electron chi connectivity index (χ2n) is 7.56. The Bertz CT molecular complexity index is 1170. The minimum atomic E-state index is 0. The van der Waals surface area contributed by atoms with Crippen LogP contribution in [0.2, 0.25) is 10.0 Å². The molecule has 0 spiro atoms. The van der Waals surface area contributed by atoms with Crippen LogP contribution in [-0.2, 0) is 19.6 Å². The van der Waals surface area contributed by atoms with Crippen molar-refractivity contribution in [2.75, 3.05) is 6.26 Å². The highest BCUT2D eigenvalue weighted by Crippen LogP contribution is 2.23. The molecule has 0 aliphatic carbocycles. The van der Waals surface area contributed by atoms with Gasteiger partial charge in [-0.2, -0.15) is 5.10 Å². The number of nitrogens with zero attached hydrogens (tertiary/aromatic N) is 4. The van der Waals surface area contributed by atoms with Crippen LogP contribution in [0.5, 0.6) is 0 Å². The molecule has 8 heteroatoms. The van der Waals surface area contributed by atoms with Crippen LogP contribution in [0.3, 0.4) is 0 Å². The molecule has 0 atom stereocenters. The summed E-state index contributed by atoms with van der Waals surface area (Å²) in [6, 6.07) is 26.4. The van der Waals surface area contributed by atoms with Crippen molar-refractivity contribution in [2.24, 2.45) is 4.99 Å². The summed E-state index contributed by atoms with van der Waals surface area (Å²) in [6.45, 7) is 2.09. The Morgan fingerprint density at radius 2 is 1.56 bits per heavy atom. The Balaban J connectivity index is 0.00000324. The van der Waals surface area contributed by atoms with Gasteiger partial charge >= 0.3 is 0 Å². The Kier molecular flexibility index (Phi) is 10.3. The highest BCUT2D eigenvalue weighted by molar-refractivity contribution is 14.0. The first-order valence-corrected chi connectivity index (χ1v) is 12.5. The molecule has 0 radical (unpaired) electrons. The SMILES string of the molecule is CSC(=Nc1cnn(Cc2ccc(Cl)cc2Cl)c1)N(Cc1ccccc1)Cc1ccccc1.I. The molecule has 176 valence electrons. The van der Waals surface area contributed by atoms with Gasteiger partial charge in [-0.05, 0) is 35.1 Å². The summed E-state index contributed by atoms with van der Waals surface area (Å²) < 4.78 is 1.84. The third-order valence-electron chi connectivity index (χ3n) is 5.08. The summed E-state index contributed by atoms with van der Waals surface area (Å²) in [5, 5.41) is 6.67. The zero-order valence-corrected chi connectivity index (χ0v) is 23.3. The molecule has 34 heavy (non-hydrogen) atoms. The number of rotatable bonds is 7. The second-order valence-corrected chi connectivity index (χ2v) is 9.17.